The highest BCUT2D eigenvalue weighted by Gasteiger charge is 2.29. The summed E-state index contributed by atoms with van der Waals surface area (Å²) in [5.74, 6) is 1.07. The Hall–Kier alpha value is -1.20. The zero-order valence-electron chi connectivity index (χ0n) is 10.5. The third-order valence-electron chi connectivity index (χ3n) is 3.21. The zero-order chi connectivity index (χ0) is 13.1. The Balaban J connectivity index is 1.54. The van der Waals surface area contributed by atoms with Crippen LogP contribution in [0.4, 0.5) is 0 Å². The van der Waals surface area contributed by atoms with Crippen molar-refractivity contribution in [1.82, 2.24) is 0 Å². The molecular weight excluding hydrogens is 264 g/mol. The van der Waals surface area contributed by atoms with Crippen LogP contribution in [0.15, 0.2) is 29.2 Å². The van der Waals surface area contributed by atoms with Gasteiger partial charge >= 0.3 is 5.97 Å². The summed E-state index contributed by atoms with van der Waals surface area (Å²) in [7, 11) is 0. The summed E-state index contributed by atoms with van der Waals surface area (Å²) in [6.07, 6.45) is 1.57. The minimum absolute atomic E-state index is 0.0625. The van der Waals surface area contributed by atoms with Crippen molar-refractivity contribution in [2.75, 3.05) is 19.0 Å². The molecule has 5 heteroatoms. The summed E-state index contributed by atoms with van der Waals surface area (Å²) in [6, 6.07) is 7.74. The van der Waals surface area contributed by atoms with E-state index in [0.29, 0.717) is 12.4 Å². The summed E-state index contributed by atoms with van der Waals surface area (Å²) in [4.78, 5) is 13.0. The van der Waals surface area contributed by atoms with Crippen LogP contribution < -0.4 is 4.74 Å². The van der Waals surface area contributed by atoms with Crippen LogP contribution in [-0.2, 0) is 14.3 Å². The zero-order valence-corrected chi connectivity index (χ0v) is 11.4. The van der Waals surface area contributed by atoms with Crippen LogP contribution in [0.5, 0.6) is 5.75 Å². The van der Waals surface area contributed by atoms with Gasteiger partial charge in [-0.15, -0.1) is 11.8 Å². The predicted molar refractivity (Wildman–Crippen MR) is 71.5 cm³/mol. The molecule has 1 aromatic rings. The van der Waals surface area contributed by atoms with Gasteiger partial charge < -0.3 is 14.2 Å². The topological polar surface area (TPSA) is 44.8 Å². The number of hydrogen-bond acceptors (Lipinski definition) is 5. The quantitative estimate of drug-likeness (QED) is 0.795. The Labute approximate surface area is 116 Å². The van der Waals surface area contributed by atoms with Crippen molar-refractivity contribution < 1.29 is 19.0 Å². The summed E-state index contributed by atoms with van der Waals surface area (Å²) in [5, 5.41) is 0. The van der Waals surface area contributed by atoms with E-state index in [9.17, 15) is 4.79 Å². The summed E-state index contributed by atoms with van der Waals surface area (Å²) in [6.45, 7) is 1.11. The Morgan fingerprint density at radius 1 is 1.42 bits per heavy atom. The number of hydrogen-bond donors (Lipinski definition) is 0. The van der Waals surface area contributed by atoms with E-state index < -0.39 is 6.10 Å². The van der Waals surface area contributed by atoms with E-state index >= 15 is 0 Å². The van der Waals surface area contributed by atoms with Gasteiger partial charge in [-0.25, -0.2) is 4.79 Å². The Bertz CT molecular complexity index is 457. The molecule has 4 nitrogen and oxygen atoms in total. The maximum atomic E-state index is 11.9. The predicted octanol–water partition coefficient (Wildman–Crippen LogP) is 2.26. The van der Waals surface area contributed by atoms with Crippen LogP contribution in [0, 0.1) is 0 Å². The molecule has 0 saturated carbocycles. The van der Waals surface area contributed by atoms with Crippen LogP contribution in [-0.4, -0.2) is 37.1 Å². The molecule has 0 aromatic heterocycles. The fraction of sp³-hybridized carbons (Fsp3) is 0.500. The highest BCUT2D eigenvalue weighted by atomic mass is 32.2. The first kappa shape index (κ1) is 12.8. The standard InChI is InChI=1S/C14H16O4S/c15-14(17-8-10-4-3-7-16-10)12-9-19-13-6-2-1-5-11(13)18-12/h1-2,5-6,10,12H,3-4,7-9H2. The molecule has 1 saturated heterocycles. The number of carbonyl (C=O) groups excluding carboxylic acids is 1. The fourth-order valence-corrected chi connectivity index (χ4v) is 3.15. The lowest BCUT2D eigenvalue weighted by atomic mass is 10.2. The van der Waals surface area contributed by atoms with Crippen molar-refractivity contribution in [2.45, 2.75) is 29.9 Å². The third-order valence-corrected chi connectivity index (χ3v) is 4.32. The Kier molecular flexibility index (Phi) is 3.94. The number of para-hydroxylation sites is 1. The minimum Gasteiger partial charge on any atom is -0.477 e. The molecular formula is C14H16O4S. The third kappa shape index (κ3) is 3.04. The van der Waals surface area contributed by atoms with Crippen LogP contribution >= 0.6 is 11.8 Å². The minimum atomic E-state index is -0.513. The average Bonchev–Trinajstić information content (AvgIpc) is 2.97. The molecule has 1 aromatic carbocycles. The first-order chi connectivity index (χ1) is 9.33. The van der Waals surface area contributed by atoms with E-state index in [1.54, 1.807) is 11.8 Å². The first-order valence-electron chi connectivity index (χ1n) is 6.49. The van der Waals surface area contributed by atoms with Crippen molar-refractivity contribution in [3.63, 3.8) is 0 Å². The van der Waals surface area contributed by atoms with Gasteiger partial charge in [-0.3, -0.25) is 0 Å². The molecule has 19 heavy (non-hydrogen) atoms. The summed E-state index contributed by atoms with van der Waals surface area (Å²) < 4.78 is 16.4. The second-order valence-corrected chi connectivity index (χ2v) is 5.69. The van der Waals surface area contributed by atoms with Crippen molar-refractivity contribution in [3.8, 4) is 5.75 Å². The van der Waals surface area contributed by atoms with E-state index in [2.05, 4.69) is 0 Å². The Morgan fingerprint density at radius 3 is 3.16 bits per heavy atom. The van der Waals surface area contributed by atoms with Gasteiger partial charge in [0, 0.05) is 17.3 Å². The summed E-state index contributed by atoms with van der Waals surface area (Å²) >= 11 is 1.63. The van der Waals surface area contributed by atoms with Gasteiger partial charge in [0.1, 0.15) is 12.4 Å². The summed E-state index contributed by atoms with van der Waals surface area (Å²) in [5.41, 5.74) is 0. The Morgan fingerprint density at radius 2 is 2.32 bits per heavy atom. The largest absolute Gasteiger partial charge is 0.477 e. The van der Waals surface area contributed by atoms with Gasteiger partial charge in [-0.2, -0.15) is 0 Å². The number of rotatable bonds is 3. The van der Waals surface area contributed by atoms with Gasteiger partial charge in [-0.1, -0.05) is 12.1 Å². The lowest BCUT2D eigenvalue weighted by Gasteiger charge is -2.24. The van der Waals surface area contributed by atoms with Gasteiger partial charge in [0.05, 0.1) is 6.10 Å². The number of benzene rings is 1. The van der Waals surface area contributed by atoms with E-state index in [0.717, 1.165) is 30.1 Å². The normalized spacial score (nSPS) is 25.5. The lowest BCUT2D eigenvalue weighted by Crippen LogP contribution is -2.35. The molecule has 2 unspecified atom stereocenters. The molecule has 3 rings (SSSR count). The van der Waals surface area contributed by atoms with Gasteiger partial charge in [0.15, 0.2) is 0 Å². The number of fused-ring (bicyclic) bond motifs is 1. The first-order valence-corrected chi connectivity index (χ1v) is 7.48. The van der Waals surface area contributed by atoms with E-state index in [1.165, 1.54) is 0 Å². The number of carbonyl (C=O) groups is 1. The maximum Gasteiger partial charge on any atom is 0.348 e. The number of thioether (sulfide) groups is 1. The molecule has 0 amide bonds. The average molecular weight is 280 g/mol. The van der Waals surface area contributed by atoms with Gasteiger partial charge in [-0.05, 0) is 25.0 Å². The molecule has 0 bridgehead atoms. The second kappa shape index (κ2) is 5.84. The maximum absolute atomic E-state index is 11.9. The lowest BCUT2D eigenvalue weighted by molar-refractivity contribution is -0.154. The van der Waals surface area contributed by atoms with Crippen molar-refractivity contribution >= 4 is 17.7 Å². The van der Waals surface area contributed by atoms with Crippen molar-refractivity contribution in [2.24, 2.45) is 0 Å². The number of esters is 1. The molecule has 1 fully saturated rings. The van der Waals surface area contributed by atoms with Crippen LogP contribution in [0.2, 0.25) is 0 Å². The molecule has 2 aliphatic heterocycles. The molecule has 2 heterocycles. The van der Waals surface area contributed by atoms with Gasteiger partial charge in [0.25, 0.3) is 0 Å². The molecule has 0 spiro atoms. The molecule has 2 atom stereocenters. The van der Waals surface area contributed by atoms with E-state index in [4.69, 9.17) is 14.2 Å². The van der Waals surface area contributed by atoms with Crippen molar-refractivity contribution in [3.05, 3.63) is 24.3 Å². The second-order valence-electron chi connectivity index (χ2n) is 4.63. The van der Waals surface area contributed by atoms with Crippen molar-refractivity contribution in [1.29, 1.82) is 0 Å². The molecule has 0 N–H and O–H groups in total. The number of ether oxygens (including phenoxy) is 3. The molecule has 102 valence electrons. The van der Waals surface area contributed by atoms with Gasteiger partial charge in [0.2, 0.25) is 6.10 Å². The SMILES string of the molecule is O=C(OCC1CCCO1)C1CSc2ccccc2O1. The van der Waals surface area contributed by atoms with Crippen LogP contribution in [0.3, 0.4) is 0 Å². The molecule has 2 aliphatic rings. The molecule has 0 radical (unpaired) electrons. The monoisotopic (exact) mass is 280 g/mol. The van der Waals surface area contributed by atoms with E-state index in [1.807, 2.05) is 24.3 Å². The fourth-order valence-electron chi connectivity index (χ4n) is 2.18. The van der Waals surface area contributed by atoms with Crippen LogP contribution in [0.1, 0.15) is 12.8 Å². The smallest absolute Gasteiger partial charge is 0.348 e. The van der Waals surface area contributed by atoms with Crippen LogP contribution in [0.25, 0.3) is 0 Å². The van der Waals surface area contributed by atoms with E-state index in [-0.39, 0.29) is 12.1 Å². The molecule has 0 aliphatic carbocycles. The highest BCUT2D eigenvalue weighted by molar-refractivity contribution is 7.99. The highest BCUT2D eigenvalue weighted by Crippen LogP contribution is 2.35.